The fourth-order valence-corrected chi connectivity index (χ4v) is 4.44. The summed E-state index contributed by atoms with van der Waals surface area (Å²) in [5.41, 5.74) is 4.01. The number of ether oxygens (including phenoxy) is 2. The maximum atomic E-state index is 10.5. The van der Waals surface area contributed by atoms with Gasteiger partial charge in [-0.05, 0) is 72.4 Å². The zero-order chi connectivity index (χ0) is 23.3. The van der Waals surface area contributed by atoms with Crippen LogP contribution in [0.25, 0.3) is 11.4 Å². The van der Waals surface area contributed by atoms with Gasteiger partial charge in [-0.25, -0.2) is 0 Å². The maximum Gasteiger partial charge on any atom is 0.204 e. The number of phenols is 1. The number of halogens is 1. The number of nitrogens with zero attached hydrogens (tertiary/aromatic N) is 3. The molecule has 0 radical (unpaired) electrons. The lowest BCUT2D eigenvalue weighted by atomic mass is 10.0. The molecule has 2 heterocycles. The average Bonchev–Trinajstić information content (AvgIpc) is 3.52. The van der Waals surface area contributed by atoms with Crippen LogP contribution in [-0.4, -0.2) is 38.4 Å². The lowest BCUT2D eigenvalue weighted by molar-refractivity contribution is 0.221. The van der Waals surface area contributed by atoms with Gasteiger partial charge in [0.25, 0.3) is 0 Å². The van der Waals surface area contributed by atoms with Gasteiger partial charge < -0.3 is 14.6 Å². The van der Waals surface area contributed by atoms with Crippen molar-refractivity contribution in [2.45, 2.75) is 38.2 Å². The van der Waals surface area contributed by atoms with E-state index in [1.165, 1.54) is 5.56 Å². The van der Waals surface area contributed by atoms with Crippen LogP contribution >= 0.6 is 11.6 Å². The Morgan fingerprint density at radius 2 is 1.97 bits per heavy atom. The van der Waals surface area contributed by atoms with Gasteiger partial charge >= 0.3 is 0 Å². The molecular weight excluding hydrogens is 452 g/mol. The van der Waals surface area contributed by atoms with Crippen molar-refractivity contribution in [3.63, 3.8) is 0 Å². The van der Waals surface area contributed by atoms with Gasteiger partial charge in [-0.1, -0.05) is 41.9 Å². The molecule has 0 aliphatic carbocycles. The van der Waals surface area contributed by atoms with E-state index < -0.39 is 0 Å². The summed E-state index contributed by atoms with van der Waals surface area (Å²) in [5, 5.41) is 24.9. The highest BCUT2D eigenvalue weighted by Crippen LogP contribution is 2.36. The van der Waals surface area contributed by atoms with Crippen LogP contribution in [0.3, 0.4) is 0 Å². The van der Waals surface area contributed by atoms with Crippen molar-refractivity contribution >= 4 is 11.6 Å². The quantitative estimate of drug-likeness (QED) is 0.323. The zero-order valence-corrected chi connectivity index (χ0v) is 19.3. The molecule has 4 aromatic rings. The first-order valence-corrected chi connectivity index (χ1v) is 11.7. The predicted octanol–water partition coefficient (Wildman–Crippen LogP) is 5.17. The minimum atomic E-state index is 0.144. The summed E-state index contributed by atoms with van der Waals surface area (Å²) in [7, 11) is 0. The SMILES string of the molecule is Oc1cc2c(cc1CCCOc1ccc(-c3nn[nH]n3)cc1Cl)OC(CCc1ccccc1)C2. The van der Waals surface area contributed by atoms with Crippen molar-refractivity contribution < 1.29 is 14.6 Å². The van der Waals surface area contributed by atoms with Crippen LogP contribution in [-0.2, 0) is 19.3 Å². The van der Waals surface area contributed by atoms with Gasteiger partial charge in [0.1, 0.15) is 23.4 Å². The van der Waals surface area contributed by atoms with E-state index in [9.17, 15) is 5.11 Å². The van der Waals surface area contributed by atoms with Gasteiger partial charge in [-0.2, -0.15) is 5.21 Å². The third kappa shape index (κ3) is 5.15. The topological polar surface area (TPSA) is 93.2 Å². The molecule has 1 unspecified atom stereocenters. The third-order valence-corrected chi connectivity index (χ3v) is 6.28. The number of tetrazole rings is 1. The molecule has 1 atom stereocenters. The number of phenolic OH excluding ortho intramolecular Hbond substituents is 1. The Morgan fingerprint density at radius 1 is 1.09 bits per heavy atom. The van der Waals surface area contributed by atoms with Gasteiger partial charge in [-0.3, -0.25) is 0 Å². The number of H-pyrrole nitrogens is 1. The summed E-state index contributed by atoms with van der Waals surface area (Å²) in [6.07, 6.45) is 4.31. The molecule has 0 bridgehead atoms. The van der Waals surface area contributed by atoms with Gasteiger partial charge in [0, 0.05) is 17.5 Å². The molecule has 0 fully saturated rings. The number of hydrogen-bond donors (Lipinski definition) is 2. The molecule has 3 aromatic carbocycles. The van der Waals surface area contributed by atoms with Crippen molar-refractivity contribution in [2.24, 2.45) is 0 Å². The lowest BCUT2D eigenvalue weighted by Gasteiger charge is -2.11. The predicted molar refractivity (Wildman–Crippen MR) is 129 cm³/mol. The van der Waals surface area contributed by atoms with Crippen molar-refractivity contribution in [2.75, 3.05) is 6.61 Å². The van der Waals surface area contributed by atoms with Gasteiger partial charge in [0.2, 0.25) is 5.82 Å². The normalized spacial score (nSPS) is 14.6. The van der Waals surface area contributed by atoms with Crippen LogP contribution in [0.4, 0.5) is 0 Å². The van der Waals surface area contributed by atoms with E-state index in [-0.39, 0.29) is 6.10 Å². The largest absolute Gasteiger partial charge is 0.508 e. The molecule has 0 spiro atoms. The highest BCUT2D eigenvalue weighted by atomic mass is 35.5. The summed E-state index contributed by atoms with van der Waals surface area (Å²) in [6.45, 7) is 0.471. The molecule has 0 saturated heterocycles. The molecule has 174 valence electrons. The van der Waals surface area contributed by atoms with Crippen LogP contribution in [0, 0.1) is 0 Å². The Morgan fingerprint density at radius 3 is 2.76 bits per heavy atom. The van der Waals surface area contributed by atoms with E-state index in [1.807, 2.05) is 24.3 Å². The van der Waals surface area contributed by atoms with E-state index in [4.69, 9.17) is 21.1 Å². The molecule has 1 aliphatic heterocycles. The minimum Gasteiger partial charge on any atom is -0.508 e. The molecule has 7 nitrogen and oxygen atoms in total. The minimum absolute atomic E-state index is 0.144. The molecule has 8 heteroatoms. The number of benzene rings is 3. The number of rotatable bonds is 9. The van der Waals surface area contributed by atoms with E-state index in [0.29, 0.717) is 35.4 Å². The molecule has 2 N–H and O–H groups in total. The number of aryl methyl sites for hydroxylation is 2. The van der Waals surface area contributed by atoms with Gasteiger partial charge in [0.05, 0.1) is 11.6 Å². The fraction of sp³-hybridized carbons (Fsp3) is 0.269. The first-order valence-electron chi connectivity index (χ1n) is 11.4. The monoisotopic (exact) mass is 476 g/mol. The maximum absolute atomic E-state index is 10.5. The first-order chi connectivity index (χ1) is 16.7. The summed E-state index contributed by atoms with van der Waals surface area (Å²) in [6, 6.07) is 19.6. The summed E-state index contributed by atoms with van der Waals surface area (Å²) in [5.74, 6) is 2.27. The second kappa shape index (κ2) is 10.1. The zero-order valence-electron chi connectivity index (χ0n) is 18.6. The van der Waals surface area contributed by atoms with Crippen LogP contribution in [0.5, 0.6) is 17.2 Å². The smallest absolute Gasteiger partial charge is 0.204 e. The molecule has 0 saturated carbocycles. The van der Waals surface area contributed by atoms with E-state index >= 15 is 0 Å². The highest BCUT2D eigenvalue weighted by molar-refractivity contribution is 6.32. The van der Waals surface area contributed by atoms with Crippen LogP contribution in [0.1, 0.15) is 29.5 Å². The van der Waals surface area contributed by atoms with Gasteiger partial charge in [-0.15, -0.1) is 10.2 Å². The summed E-state index contributed by atoms with van der Waals surface area (Å²) >= 11 is 6.34. The Labute approximate surface area is 202 Å². The molecular formula is C26H25ClN4O3. The Bertz CT molecular complexity index is 1250. The van der Waals surface area contributed by atoms with Crippen LogP contribution in [0.2, 0.25) is 5.02 Å². The van der Waals surface area contributed by atoms with Crippen molar-refractivity contribution in [1.82, 2.24) is 20.6 Å². The summed E-state index contributed by atoms with van der Waals surface area (Å²) in [4.78, 5) is 0. The van der Waals surface area contributed by atoms with Gasteiger partial charge in [0.15, 0.2) is 0 Å². The molecule has 0 amide bonds. The molecule has 5 rings (SSSR count). The van der Waals surface area contributed by atoms with Crippen molar-refractivity contribution in [1.29, 1.82) is 0 Å². The second-order valence-corrected chi connectivity index (χ2v) is 8.80. The molecule has 1 aromatic heterocycles. The number of aromatic amines is 1. The first kappa shape index (κ1) is 22.2. The number of nitrogens with one attached hydrogen (secondary N) is 1. The molecule has 1 aliphatic rings. The number of hydrogen-bond acceptors (Lipinski definition) is 6. The Kier molecular flexibility index (Phi) is 6.62. The van der Waals surface area contributed by atoms with Crippen molar-refractivity contribution in [3.8, 4) is 28.6 Å². The van der Waals surface area contributed by atoms with E-state index in [0.717, 1.165) is 48.1 Å². The Balaban J connectivity index is 1.12. The van der Waals surface area contributed by atoms with Crippen LogP contribution < -0.4 is 9.47 Å². The standard InChI is InChI=1S/C26H25ClN4O3/c27-22-14-19(26-28-30-31-29-26)9-11-24(22)33-12-4-7-18-16-25-20(15-23(18)32)13-21(34-25)10-8-17-5-2-1-3-6-17/h1-3,5-6,9,11,14-16,21,32H,4,7-8,10,12-13H2,(H,28,29,30,31). The highest BCUT2D eigenvalue weighted by Gasteiger charge is 2.24. The van der Waals surface area contributed by atoms with E-state index in [2.05, 4.69) is 44.9 Å². The fourth-order valence-electron chi connectivity index (χ4n) is 4.21. The third-order valence-electron chi connectivity index (χ3n) is 5.98. The van der Waals surface area contributed by atoms with Crippen LogP contribution in [0.15, 0.2) is 60.7 Å². The summed E-state index contributed by atoms with van der Waals surface area (Å²) < 4.78 is 12.0. The Hall–Kier alpha value is -3.58. The lowest BCUT2D eigenvalue weighted by Crippen LogP contribution is -2.13. The number of aromatic hydroxyl groups is 1. The number of aromatic nitrogens is 4. The average molecular weight is 477 g/mol. The molecule has 34 heavy (non-hydrogen) atoms. The second-order valence-electron chi connectivity index (χ2n) is 8.39. The van der Waals surface area contributed by atoms with Crippen molar-refractivity contribution in [3.05, 3.63) is 82.4 Å². The van der Waals surface area contributed by atoms with E-state index in [1.54, 1.807) is 12.1 Å². The number of fused-ring (bicyclic) bond motifs is 1.